The summed E-state index contributed by atoms with van der Waals surface area (Å²) in [4.78, 5) is 12.1. The van der Waals surface area contributed by atoms with Gasteiger partial charge in [0, 0.05) is 18.0 Å². The molecule has 3 N–H and O–H groups in total. The number of aryl methyl sites for hydroxylation is 2. The summed E-state index contributed by atoms with van der Waals surface area (Å²) in [5, 5.41) is 22.7. The van der Waals surface area contributed by atoms with Crippen molar-refractivity contribution in [2.24, 2.45) is 0 Å². The first kappa shape index (κ1) is 16.7. The predicted octanol–water partition coefficient (Wildman–Crippen LogP) is 2.32. The summed E-state index contributed by atoms with van der Waals surface area (Å²) >= 11 is 0. The third kappa shape index (κ3) is 4.04. The zero-order valence-corrected chi connectivity index (χ0v) is 14.1. The maximum Gasteiger partial charge on any atom is 0.324 e. The standard InChI is InChI=1S/C17H20N6O2/c1-12-3-5-15(6-4-12)23-13(2)9-16(21-23)20-17(25)19-14-10-18-22(11-14)7-8-24/h3-6,9-11,24H,7-8H2,1-2H3,(H2,19,20,21,25). The number of hydrogen-bond donors (Lipinski definition) is 3. The third-order valence-corrected chi connectivity index (χ3v) is 3.63. The van der Waals surface area contributed by atoms with Crippen LogP contribution in [0.15, 0.2) is 42.7 Å². The van der Waals surface area contributed by atoms with E-state index in [0.717, 1.165) is 11.4 Å². The number of aromatic nitrogens is 4. The number of carbonyl (C=O) groups excluding carboxylic acids is 1. The molecule has 2 aromatic heterocycles. The highest BCUT2D eigenvalue weighted by atomic mass is 16.3. The third-order valence-electron chi connectivity index (χ3n) is 3.63. The lowest BCUT2D eigenvalue weighted by molar-refractivity contribution is 0.262. The summed E-state index contributed by atoms with van der Waals surface area (Å²) in [6, 6.07) is 9.38. The van der Waals surface area contributed by atoms with Crippen LogP contribution in [0.25, 0.3) is 5.69 Å². The van der Waals surface area contributed by atoms with E-state index in [2.05, 4.69) is 20.8 Å². The van der Waals surface area contributed by atoms with E-state index >= 15 is 0 Å². The molecule has 8 heteroatoms. The van der Waals surface area contributed by atoms with Crippen molar-refractivity contribution in [2.45, 2.75) is 20.4 Å². The molecular weight excluding hydrogens is 320 g/mol. The van der Waals surface area contributed by atoms with Crippen molar-refractivity contribution in [3.05, 3.63) is 54.0 Å². The number of benzene rings is 1. The van der Waals surface area contributed by atoms with Gasteiger partial charge in [-0.15, -0.1) is 5.10 Å². The molecule has 0 unspecified atom stereocenters. The van der Waals surface area contributed by atoms with Crippen LogP contribution in [0.1, 0.15) is 11.3 Å². The number of urea groups is 1. The number of amides is 2. The first-order valence-electron chi connectivity index (χ1n) is 7.90. The van der Waals surface area contributed by atoms with Gasteiger partial charge in [-0.2, -0.15) is 5.10 Å². The van der Waals surface area contributed by atoms with Crippen molar-refractivity contribution in [3.8, 4) is 5.69 Å². The van der Waals surface area contributed by atoms with Crippen LogP contribution in [-0.4, -0.2) is 37.3 Å². The summed E-state index contributed by atoms with van der Waals surface area (Å²) in [6.07, 6.45) is 3.16. The molecule has 0 aliphatic carbocycles. The average molecular weight is 340 g/mol. The molecule has 25 heavy (non-hydrogen) atoms. The highest BCUT2D eigenvalue weighted by molar-refractivity contribution is 5.99. The Morgan fingerprint density at radius 2 is 1.96 bits per heavy atom. The second-order valence-corrected chi connectivity index (χ2v) is 5.71. The molecule has 0 radical (unpaired) electrons. The van der Waals surface area contributed by atoms with Crippen molar-refractivity contribution < 1.29 is 9.90 Å². The van der Waals surface area contributed by atoms with Crippen LogP contribution in [0, 0.1) is 13.8 Å². The summed E-state index contributed by atoms with van der Waals surface area (Å²) < 4.78 is 3.32. The molecule has 0 atom stereocenters. The van der Waals surface area contributed by atoms with E-state index in [1.54, 1.807) is 21.6 Å². The Morgan fingerprint density at radius 1 is 1.20 bits per heavy atom. The van der Waals surface area contributed by atoms with E-state index in [4.69, 9.17) is 5.11 Å². The van der Waals surface area contributed by atoms with E-state index in [1.807, 2.05) is 38.1 Å². The zero-order chi connectivity index (χ0) is 17.8. The molecular formula is C17H20N6O2. The number of carbonyl (C=O) groups is 1. The number of nitrogens with zero attached hydrogens (tertiary/aromatic N) is 4. The monoisotopic (exact) mass is 340 g/mol. The maximum atomic E-state index is 12.1. The highest BCUT2D eigenvalue weighted by Gasteiger charge is 2.10. The van der Waals surface area contributed by atoms with E-state index < -0.39 is 6.03 Å². The normalized spacial score (nSPS) is 10.7. The fourth-order valence-corrected chi connectivity index (χ4v) is 2.41. The lowest BCUT2D eigenvalue weighted by atomic mass is 10.2. The lowest BCUT2D eigenvalue weighted by Crippen LogP contribution is -2.19. The van der Waals surface area contributed by atoms with Gasteiger partial charge in [-0.1, -0.05) is 17.7 Å². The molecule has 0 bridgehead atoms. The van der Waals surface area contributed by atoms with Crippen LogP contribution >= 0.6 is 0 Å². The van der Waals surface area contributed by atoms with Crippen LogP contribution in [0.2, 0.25) is 0 Å². The second kappa shape index (κ2) is 7.18. The minimum atomic E-state index is -0.405. The van der Waals surface area contributed by atoms with Crippen LogP contribution in [-0.2, 0) is 6.54 Å². The van der Waals surface area contributed by atoms with Crippen molar-refractivity contribution in [2.75, 3.05) is 17.2 Å². The number of hydrogen-bond acceptors (Lipinski definition) is 4. The largest absolute Gasteiger partial charge is 0.394 e. The topological polar surface area (TPSA) is 97.0 Å². The quantitative estimate of drug-likeness (QED) is 0.664. The molecule has 0 saturated heterocycles. The van der Waals surface area contributed by atoms with Gasteiger partial charge >= 0.3 is 6.03 Å². The Kier molecular flexibility index (Phi) is 4.80. The van der Waals surface area contributed by atoms with Gasteiger partial charge < -0.3 is 10.4 Å². The molecule has 2 amide bonds. The van der Waals surface area contributed by atoms with E-state index in [1.165, 1.54) is 11.8 Å². The van der Waals surface area contributed by atoms with Gasteiger partial charge in [0.1, 0.15) is 0 Å². The number of aliphatic hydroxyl groups is 1. The summed E-state index contributed by atoms with van der Waals surface area (Å²) in [5.74, 6) is 0.457. The Hall–Kier alpha value is -3.13. The lowest BCUT2D eigenvalue weighted by Gasteiger charge is -2.05. The molecule has 0 aliphatic heterocycles. The van der Waals surface area contributed by atoms with E-state index in [9.17, 15) is 4.79 Å². The first-order chi connectivity index (χ1) is 12.0. The van der Waals surface area contributed by atoms with Crippen molar-refractivity contribution >= 4 is 17.5 Å². The molecule has 2 heterocycles. The van der Waals surface area contributed by atoms with Gasteiger partial charge in [-0.3, -0.25) is 10.00 Å². The molecule has 0 aliphatic rings. The van der Waals surface area contributed by atoms with Crippen molar-refractivity contribution in [1.29, 1.82) is 0 Å². The molecule has 0 spiro atoms. The average Bonchev–Trinajstić information content (AvgIpc) is 3.15. The van der Waals surface area contributed by atoms with Gasteiger partial charge in [0.25, 0.3) is 0 Å². The van der Waals surface area contributed by atoms with E-state index in [-0.39, 0.29) is 6.61 Å². The minimum Gasteiger partial charge on any atom is -0.394 e. The van der Waals surface area contributed by atoms with Crippen molar-refractivity contribution in [3.63, 3.8) is 0 Å². The van der Waals surface area contributed by atoms with Crippen LogP contribution in [0.4, 0.5) is 16.3 Å². The molecule has 3 rings (SSSR count). The van der Waals surface area contributed by atoms with Gasteiger partial charge in [0.05, 0.1) is 30.7 Å². The van der Waals surface area contributed by atoms with E-state index in [0.29, 0.717) is 18.1 Å². The fourth-order valence-electron chi connectivity index (χ4n) is 2.41. The molecule has 1 aromatic carbocycles. The first-order valence-corrected chi connectivity index (χ1v) is 7.90. The number of rotatable bonds is 5. The Labute approximate surface area is 145 Å². The fraction of sp³-hybridized carbons (Fsp3) is 0.235. The maximum absolute atomic E-state index is 12.1. The SMILES string of the molecule is Cc1ccc(-n2nc(NC(=O)Nc3cnn(CCO)c3)cc2C)cc1. The molecule has 130 valence electrons. The Bertz CT molecular complexity index is 866. The van der Waals surface area contributed by atoms with Gasteiger partial charge in [-0.25, -0.2) is 9.48 Å². The highest BCUT2D eigenvalue weighted by Crippen LogP contribution is 2.16. The van der Waals surface area contributed by atoms with Gasteiger partial charge in [0.15, 0.2) is 5.82 Å². The minimum absolute atomic E-state index is 0.0109. The molecule has 0 saturated carbocycles. The Balaban J connectivity index is 1.67. The molecule has 0 fully saturated rings. The predicted molar refractivity (Wildman–Crippen MR) is 95.0 cm³/mol. The molecule has 3 aromatic rings. The summed E-state index contributed by atoms with van der Waals surface area (Å²) in [7, 11) is 0. The Morgan fingerprint density at radius 3 is 2.68 bits per heavy atom. The summed E-state index contributed by atoms with van der Waals surface area (Å²) in [6.45, 7) is 4.32. The second-order valence-electron chi connectivity index (χ2n) is 5.71. The number of aliphatic hydroxyl groups excluding tert-OH is 1. The molecule has 8 nitrogen and oxygen atoms in total. The van der Waals surface area contributed by atoms with Gasteiger partial charge in [-0.05, 0) is 26.0 Å². The number of nitrogens with one attached hydrogen (secondary N) is 2. The van der Waals surface area contributed by atoms with Crippen LogP contribution in [0.5, 0.6) is 0 Å². The van der Waals surface area contributed by atoms with Crippen molar-refractivity contribution in [1.82, 2.24) is 19.6 Å². The number of anilines is 2. The zero-order valence-electron chi connectivity index (χ0n) is 14.1. The smallest absolute Gasteiger partial charge is 0.324 e. The van der Waals surface area contributed by atoms with Gasteiger partial charge in [0.2, 0.25) is 0 Å². The van der Waals surface area contributed by atoms with Crippen LogP contribution in [0.3, 0.4) is 0 Å². The van der Waals surface area contributed by atoms with Crippen LogP contribution < -0.4 is 10.6 Å². The summed E-state index contributed by atoms with van der Waals surface area (Å²) in [5.41, 5.74) is 3.56.